The number of hydrogen-bond acceptors (Lipinski definition) is 3. The molecule has 0 spiro atoms. The summed E-state index contributed by atoms with van der Waals surface area (Å²) >= 11 is 12.8. The Morgan fingerprint density at radius 2 is 2.22 bits per heavy atom. The fraction of sp³-hybridized carbons (Fsp3) is 0.154. The molecule has 94 valence electrons. The van der Waals surface area contributed by atoms with Crippen molar-refractivity contribution in [1.82, 2.24) is 0 Å². The smallest absolute Gasteiger partial charge is 0.105 e. The van der Waals surface area contributed by atoms with Gasteiger partial charge in [0.25, 0.3) is 0 Å². The van der Waals surface area contributed by atoms with Crippen molar-refractivity contribution in [2.75, 3.05) is 11.9 Å². The van der Waals surface area contributed by atoms with E-state index in [0.717, 1.165) is 17.8 Å². The second-order valence-electron chi connectivity index (χ2n) is 4.02. The standard InChI is InChI=1S/C13H13ClN2S2/c1-16(7-9-4-5-18-8-9)10-2-3-11(13(15)17)12(14)6-10/h2-6,8H,7H2,1H3,(H2,15,17). The SMILES string of the molecule is CN(Cc1ccsc1)c1ccc(C(N)=S)c(Cl)c1. The molecule has 1 aromatic heterocycles. The topological polar surface area (TPSA) is 29.3 Å². The van der Waals surface area contributed by atoms with Crippen LogP contribution >= 0.6 is 35.2 Å². The summed E-state index contributed by atoms with van der Waals surface area (Å²) in [6, 6.07) is 7.85. The van der Waals surface area contributed by atoms with Gasteiger partial charge in [-0.3, -0.25) is 0 Å². The molecule has 2 N–H and O–H groups in total. The molecule has 1 heterocycles. The molecule has 1 aromatic carbocycles. The van der Waals surface area contributed by atoms with Gasteiger partial charge in [-0.1, -0.05) is 23.8 Å². The number of anilines is 1. The Kier molecular flexibility index (Phi) is 4.22. The average molecular weight is 297 g/mol. The van der Waals surface area contributed by atoms with Crippen LogP contribution in [0.1, 0.15) is 11.1 Å². The molecule has 0 unspecified atom stereocenters. The normalized spacial score (nSPS) is 10.3. The minimum Gasteiger partial charge on any atom is -0.389 e. The van der Waals surface area contributed by atoms with Crippen molar-refractivity contribution in [3.05, 3.63) is 51.2 Å². The largest absolute Gasteiger partial charge is 0.389 e. The zero-order chi connectivity index (χ0) is 13.1. The van der Waals surface area contributed by atoms with Crippen LogP contribution in [0.2, 0.25) is 5.02 Å². The molecule has 0 saturated heterocycles. The van der Waals surface area contributed by atoms with E-state index in [0.29, 0.717) is 10.0 Å². The van der Waals surface area contributed by atoms with E-state index in [1.807, 2.05) is 25.2 Å². The van der Waals surface area contributed by atoms with Crippen molar-refractivity contribution in [3.8, 4) is 0 Å². The molecule has 2 rings (SSSR count). The van der Waals surface area contributed by atoms with E-state index >= 15 is 0 Å². The maximum absolute atomic E-state index is 6.16. The molecule has 0 saturated carbocycles. The minimum atomic E-state index is 0.326. The maximum Gasteiger partial charge on any atom is 0.105 e. The third-order valence-corrected chi connectivity index (χ3v) is 3.92. The number of thiophene rings is 1. The first kappa shape index (κ1) is 13.3. The van der Waals surface area contributed by atoms with Gasteiger partial charge >= 0.3 is 0 Å². The van der Waals surface area contributed by atoms with Gasteiger partial charge in [0.1, 0.15) is 4.99 Å². The van der Waals surface area contributed by atoms with E-state index in [9.17, 15) is 0 Å². The highest BCUT2D eigenvalue weighted by atomic mass is 35.5. The quantitative estimate of drug-likeness (QED) is 0.873. The van der Waals surface area contributed by atoms with Crippen LogP contribution in [0, 0.1) is 0 Å². The van der Waals surface area contributed by atoms with Gasteiger partial charge in [0, 0.05) is 24.8 Å². The molecule has 0 fully saturated rings. The summed E-state index contributed by atoms with van der Waals surface area (Å²) in [4.78, 5) is 2.46. The highest BCUT2D eigenvalue weighted by Crippen LogP contribution is 2.24. The van der Waals surface area contributed by atoms with E-state index < -0.39 is 0 Å². The Hall–Kier alpha value is -1.10. The predicted octanol–water partition coefficient (Wildman–Crippen LogP) is 3.67. The number of nitrogens with zero attached hydrogens (tertiary/aromatic N) is 1. The van der Waals surface area contributed by atoms with Gasteiger partial charge in [0.05, 0.1) is 5.02 Å². The Balaban J connectivity index is 2.18. The lowest BCUT2D eigenvalue weighted by atomic mass is 10.2. The van der Waals surface area contributed by atoms with E-state index in [1.165, 1.54) is 5.56 Å². The first-order valence-corrected chi connectivity index (χ1v) is 7.12. The van der Waals surface area contributed by atoms with Crippen LogP contribution in [0.25, 0.3) is 0 Å². The summed E-state index contributed by atoms with van der Waals surface area (Å²) in [5, 5.41) is 4.81. The van der Waals surface area contributed by atoms with E-state index in [2.05, 4.69) is 21.7 Å². The van der Waals surface area contributed by atoms with Crippen molar-refractivity contribution in [2.24, 2.45) is 5.73 Å². The molecule has 0 amide bonds. The molecule has 0 aliphatic carbocycles. The zero-order valence-corrected chi connectivity index (χ0v) is 12.3. The summed E-state index contributed by atoms with van der Waals surface area (Å²) < 4.78 is 0. The molecule has 0 atom stereocenters. The maximum atomic E-state index is 6.16. The predicted molar refractivity (Wildman–Crippen MR) is 83.8 cm³/mol. The van der Waals surface area contributed by atoms with Gasteiger partial charge in [0.15, 0.2) is 0 Å². The lowest BCUT2D eigenvalue weighted by molar-refractivity contribution is 0.928. The number of hydrogen-bond donors (Lipinski definition) is 1. The van der Waals surface area contributed by atoms with Gasteiger partial charge in [-0.25, -0.2) is 0 Å². The third-order valence-electron chi connectivity index (χ3n) is 2.66. The van der Waals surface area contributed by atoms with Crippen molar-refractivity contribution in [3.63, 3.8) is 0 Å². The fourth-order valence-electron chi connectivity index (χ4n) is 1.69. The molecule has 0 aliphatic rings. The number of benzene rings is 1. The van der Waals surface area contributed by atoms with Gasteiger partial charge in [-0.15, -0.1) is 0 Å². The molecule has 18 heavy (non-hydrogen) atoms. The summed E-state index contributed by atoms with van der Waals surface area (Å²) in [6.07, 6.45) is 0. The molecule has 2 nitrogen and oxygen atoms in total. The Morgan fingerprint density at radius 3 is 2.78 bits per heavy atom. The molecule has 0 aliphatic heterocycles. The van der Waals surface area contributed by atoms with E-state index in [1.54, 1.807) is 11.3 Å². The van der Waals surface area contributed by atoms with Crippen LogP contribution < -0.4 is 10.6 Å². The van der Waals surface area contributed by atoms with Crippen LogP contribution in [-0.4, -0.2) is 12.0 Å². The van der Waals surface area contributed by atoms with Gasteiger partial charge in [-0.05, 0) is 40.6 Å². The molecule has 2 aromatic rings. The second-order valence-corrected chi connectivity index (χ2v) is 5.64. The van der Waals surface area contributed by atoms with Crippen LogP contribution in [0.15, 0.2) is 35.0 Å². The number of nitrogens with two attached hydrogens (primary N) is 1. The van der Waals surface area contributed by atoms with Gasteiger partial charge < -0.3 is 10.6 Å². The molecule has 0 bridgehead atoms. The third kappa shape index (κ3) is 3.02. The van der Waals surface area contributed by atoms with Crippen molar-refractivity contribution in [1.29, 1.82) is 0 Å². The molecule has 5 heteroatoms. The van der Waals surface area contributed by atoms with Gasteiger partial charge in [-0.2, -0.15) is 11.3 Å². The van der Waals surface area contributed by atoms with E-state index in [4.69, 9.17) is 29.6 Å². The number of halogens is 1. The van der Waals surface area contributed by atoms with Crippen molar-refractivity contribution >= 4 is 45.8 Å². The lowest BCUT2D eigenvalue weighted by Crippen LogP contribution is -2.16. The summed E-state index contributed by atoms with van der Waals surface area (Å²) in [5.74, 6) is 0. The molecule has 0 radical (unpaired) electrons. The molecular formula is C13H13ClN2S2. The average Bonchev–Trinajstić information content (AvgIpc) is 2.81. The zero-order valence-electron chi connectivity index (χ0n) is 9.89. The lowest BCUT2D eigenvalue weighted by Gasteiger charge is -2.19. The van der Waals surface area contributed by atoms with Crippen LogP contribution in [-0.2, 0) is 6.54 Å². The van der Waals surface area contributed by atoms with E-state index in [-0.39, 0.29) is 0 Å². The highest BCUT2D eigenvalue weighted by Gasteiger charge is 2.07. The highest BCUT2D eigenvalue weighted by molar-refractivity contribution is 7.80. The monoisotopic (exact) mass is 296 g/mol. The first-order valence-electron chi connectivity index (χ1n) is 5.39. The van der Waals surface area contributed by atoms with Crippen molar-refractivity contribution in [2.45, 2.75) is 6.54 Å². The van der Waals surface area contributed by atoms with Crippen LogP contribution in [0.5, 0.6) is 0 Å². The first-order chi connectivity index (χ1) is 8.58. The summed E-state index contributed by atoms with van der Waals surface area (Å²) in [6.45, 7) is 0.853. The second kappa shape index (κ2) is 5.69. The number of rotatable bonds is 4. The van der Waals surface area contributed by atoms with Gasteiger partial charge in [0.2, 0.25) is 0 Å². The summed E-state index contributed by atoms with van der Waals surface area (Å²) in [7, 11) is 2.03. The van der Waals surface area contributed by atoms with Crippen LogP contribution in [0.3, 0.4) is 0 Å². The Labute approximate surface area is 121 Å². The number of thiocarbonyl (C=S) groups is 1. The van der Waals surface area contributed by atoms with Crippen LogP contribution in [0.4, 0.5) is 5.69 Å². The molecular weight excluding hydrogens is 284 g/mol. The van der Waals surface area contributed by atoms with Crippen molar-refractivity contribution < 1.29 is 0 Å². The Morgan fingerprint density at radius 1 is 1.44 bits per heavy atom. The Bertz CT molecular complexity index is 552. The minimum absolute atomic E-state index is 0.326. The fourth-order valence-corrected chi connectivity index (χ4v) is 2.86. The summed E-state index contributed by atoms with van der Waals surface area (Å²) in [5.41, 5.74) is 8.64.